The van der Waals surface area contributed by atoms with Crippen LogP contribution in [0, 0.1) is 12.8 Å². The molecule has 0 bridgehead atoms. The molecule has 0 unspecified atom stereocenters. The molecule has 2 saturated heterocycles. The van der Waals surface area contributed by atoms with E-state index in [-0.39, 0.29) is 23.3 Å². The Hall–Kier alpha value is -3.44. The second-order valence-electron chi connectivity index (χ2n) is 10.6. The van der Waals surface area contributed by atoms with Crippen molar-refractivity contribution >= 4 is 22.7 Å². The lowest BCUT2D eigenvalue weighted by molar-refractivity contribution is -0.137. The molecule has 214 valence electrons. The Labute approximate surface area is 231 Å². The van der Waals surface area contributed by atoms with Crippen LogP contribution in [-0.2, 0) is 17.5 Å². The van der Waals surface area contributed by atoms with E-state index in [4.69, 9.17) is 9.84 Å². The molecule has 0 spiro atoms. The van der Waals surface area contributed by atoms with Crippen molar-refractivity contribution in [1.82, 2.24) is 24.9 Å². The molecule has 2 aliphatic heterocycles. The van der Waals surface area contributed by atoms with E-state index in [1.807, 2.05) is 29.9 Å². The largest absolute Gasteiger partial charge is 0.416 e. The van der Waals surface area contributed by atoms with Crippen LogP contribution in [0.25, 0.3) is 10.9 Å². The van der Waals surface area contributed by atoms with Gasteiger partial charge in [0, 0.05) is 68.5 Å². The second-order valence-corrected chi connectivity index (χ2v) is 10.6. The average molecular weight is 558 g/mol. The van der Waals surface area contributed by atoms with Crippen molar-refractivity contribution in [3.05, 3.63) is 64.8 Å². The monoisotopic (exact) mass is 557 g/mol. The molecule has 0 aliphatic carbocycles. The van der Waals surface area contributed by atoms with Crippen molar-refractivity contribution in [2.24, 2.45) is 5.92 Å². The van der Waals surface area contributed by atoms with Gasteiger partial charge in [-0.1, -0.05) is 6.07 Å². The summed E-state index contributed by atoms with van der Waals surface area (Å²) < 4.78 is 46.4. The zero-order valence-corrected chi connectivity index (χ0v) is 22.5. The number of hydrogen-bond donors (Lipinski definition) is 1. The highest BCUT2D eigenvalue weighted by Gasteiger charge is 2.32. The molecule has 2 aromatic carbocycles. The van der Waals surface area contributed by atoms with Crippen molar-refractivity contribution in [2.45, 2.75) is 32.5 Å². The third kappa shape index (κ3) is 6.64. The van der Waals surface area contributed by atoms with Crippen molar-refractivity contribution in [3.8, 4) is 0 Å². The number of likely N-dealkylation sites (tertiary alicyclic amines) is 1. The van der Waals surface area contributed by atoms with Crippen molar-refractivity contribution in [2.75, 3.05) is 52.5 Å². The van der Waals surface area contributed by atoms with Crippen molar-refractivity contribution in [1.29, 1.82) is 0 Å². The van der Waals surface area contributed by atoms with Gasteiger partial charge >= 0.3 is 6.18 Å². The Kier molecular flexibility index (Phi) is 8.41. The highest BCUT2D eigenvalue weighted by atomic mass is 19.4. The number of halogens is 3. The SMILES string of the molecule is Cc1cc2nn(CC3CCN(C(=O)c4cccc(C(F)(F)F)c4)CC3)cc2cc1C(=O)NCCN1CCOCC1. The molecule has 2 amide bonds. The van der Waals surface area contributed by atoms with E-state index >= 15 is 0 Å². The van der Waals surface area contributed by atoms with Crippen LogP contribution in [0.2, 0.25) is 0 Å². The Morgan fingerprint density at radius 3 is 2.55 bits per heavy atom. The normalized spacial score (nSPS) is 17.4. The summed E-state index contributed by atoms with van der Waals surface area (Å²) in [6.45, 7) is 8.12. The molecule has 40 heavy (non-hydrogen) atoms. The maximum absolute atomic E-state index is 13.0. The average Bonchev–Trinajstić information content (AvgIpc) is 3.33. The molecule has 1 N–H and O–H groups in total. The zero-order valence-electron chi connectivity index (χ0n) is 22.5. The van der Waals surface area contributed by atoms with Crippen LogP contribution in [0.5, 0.6) is 0 Å². The third-order valence-electron chi connectivity index (χ3n) is 7.74. The first kappa shape index (κ1) is 28.1. The van der Waals surface area contributed by atoms with Gasteiger partial charge in [-0.05, 0) is 61.6 Å². The first-order valence-electron chi connectivity index (χ1n) is 13.7. The van der Waals surface area contributed by atoms with Gasteiger partial charge < -0.3 is 15.0 Å². The summed E-state index contributed by atoms with van der Waals surface area (Å²) in [6.07, 6.45) is -1.07. The van der Waals surface area contributed by atoms with Gasteiger partial charge in [-0.3, -0.25) is 19.2 Å². The maximum Gasteiger partial charge on any atom is 0.416 e. The van der Waals surface area contributed by atoms with Crippen molar-refractivity contribution in [3.63, 3.8) is 0 Å². The smallest absolute Gasteiger partial charge is 0.379 e. The van der Waals surface area contributed by atoms with Crippen LogP contribution in [0.3, 0.4) is 0 Å². The molecular weight excluding hydrogens is 523 g/mol. The van der Waals surface area contributed by atoms with Gasteiger partial charge in [0.15, 0.2) is 0 Å². The van der Waals surface area contributed by atoms with E-state index in [9.17, 15) is 22.8 Å². The molecule has 8 nitrogen and oxygen atoms in total. The van der Waals surface area contributed by atoms with Gasteiger partial charge in [-0.2, -0.15) is 18.3 Å². The van der Waals surface area contributed by atoms with Gasteiger partial charge in [0.05, 0.1) is 24.3 Å². The fourth-order valence-electron chi connectivity index (χ4n) is 5.41. The molecule has 1 aromatic heterocycles. The number of nitrogens with zero attached hydrogens (tertiary/aromatic N) is 4. The summed E-state index contributed by atoms with van der Waals surface area (Å²) in [6, 6.07) is 8.41. The quantitative estimate of drug-likeness (QED) is 0.476. The van der Waals surface area contributed by atoms with E-state index in [1.165, 1.54) is 12.1 Å². The highest BCUT2D eigenvalue weighted by molar-refractivity contribution is 5.99. The number of morpholine rings is 1. The van der Waals surface area contributed by atoms with Gasteiger partial charge in [0.25, 0.3) is 11.8 Å². The molecule has 0 radical (unpaired) electrons. The minimum absolute atomic E-state index is 0.0582. The number of alkyl halides is 3. The number of aryl methyl sites for hydroxylation is 1. The standard InChI is InChI=1S/C29H34F3N5O3/c1-20-15-26-23(17-25(20)27(38)33-7-10-35-11-13-40-14-12-35)19-37(34-26)18-21-5-8-36(9-6-21)28(39)22-3-2-4-24(16-22)29(30,31)32/h2-4,15-17,19,21H,5-14,18H2,1H3,(H,33,38). The fraction of sp³-hybridized carbons (Fsp3) is 0.483. The number of hydrogen-bond acceptors (Lipinski definition) is 5. The highest BCUT2D eigenvalue weighted by Crippen LogP contribution is 2.30. The minimum atomic E-state index is -4.48. The van der Waals surface area contributed by atoms with E-state index in [2.05, 4.69) is 10.2 Å². The van der Waals surface area contributed by atoms with Crippen molar-refractivity contribution < 1.29 is 27.5 Å². The van der Waals surface area contributed by atoms with Gasteiger partial charge in [0.1, 0.15) is 0 Å². The summed E-state index contributed by atoms with van der Waals surface area (Å²) in [4.78, 5) is 29.6. The van der Waals surface area contributed by atoms with E-state index in [0.29, 0.717) is 31.7 Å². The number of rotatable bonds is 7. The van der Waals surface area contributed by atoms with Gasteiger partial charge in [-0.25, -0.2) is 0 Å². The number of amides is 2. The molecule has 2 aliphatic rings. The first-order valence-corrected chi connectivity index (χ1v) is 13.7. The summed E-state index contributed by atoms with van der Waals surface area (Å²) in [5.41, 5.74) is 1.56. The molecule has 2 fully saturated rings. The van der Waals surface area contributed by atoms with E-state index in [0.717, 1.165) is 74.3 Å². The Morgan fingerprint density at radius 2 is 1.82 bits per heavy atom. The van der Waals surface area contributed by atoms with Crippen LogP contribution >= 0.6 is 0 Å². The molecule has 3 aromatic rings. The van der Waals surface area contributed by atoms with Crippen LogP contribution in [-0.4, -0.2) is 83.9 Å². The summed E-state index contributed by atoms with van der Waals surface area (Å²) in [7, 11) is 0. The summed E-state index contributed by atoms with van der Waals surface area (Å²) >= 11 is 0. The number of carbonyl (C=O) groups excluding carboxylic acids is 2. The number of aromatic nitrogens is 2. The molecule has 0 atom stereocenters. The first-order chi connectivity index (χ1) is 19.2. The summed E-state index contributed by atoms with van der Waals surface area (Å²) in [5.74, 6) is -0.192. The lowest BCUT2D eigenvalue weighted by Crippen LogP contribution is -2.41. The topological polar surface area (TPSA) is 79.7 Å². The third-order valence-corrected chi connectivity index (χ3v) is 7.74. The lowest BCUT2D eigenvalue weighted by atomic mass is 9.96. The van der Waals surface area contributed by atoms with Crippen LogP contribution in [0.1, 0.15) is 44.7 Å². The zero-order chi connectivity index (χ0) is 28.3. The molecule has 11 heteroatoms. The number of nitrogens with one attached hydrogen (secondary N) is 1. The number of fused-ring (bicyclic) bond motifs is 1. The molecule has 0 saturated carbocycles. The van der Waals surface area contributed by atoms with Crippen LogP contribution < -0.4 is 5.32 Å². The van der Waals surface area contributed by atoms with E-state index < -0.39 is 11.7 Å². The van der Waals surface area contributed by atoms with E-state index in [1.54, 1.807) is 4.90 Å². The molecule has 3 heterocycles. The Bertz CT molecular complexity index is 1360. The Morgan fingerprint density at radius 1 is 1.07 bits per heavy atom. The predicted molar refractivity (Wildman–Crippen MR) is 144 cm³/mol. The molecule has 5 rings (SSSR count). The predicted octanol–water partition coefficient (Wildman–Crippen LogP) is 3.98. The number of piperidine rings is 1. The minimum Gasteiger partial charge on any atom is -0.379 e. The Balaban J connectivity index is 1.15. The molecular formula is C29H34F3N5O3. The maximum atomic E-state index is 13.0. The van der Waals surface area contributed by atoms with Gasteiger partial charge in [-0.15, -0.1) is 0 Å². The number of ether oxygens (including phenoxy) is 1. The number of benzene rings is 2. The number of carbonyl (C=O) groups is 2. The van der Waals surface area contributed by atoms with Gasteiger partial charge in [0.2, 0.25) is 0 Å². The summed E-state index contributed by atoms with van der Waals surface area (Å²) in [5, 5.41) is 8.62. The fourth-order valence-corrected chi connectivity index (χ4v) is 5.41. The van der Waals surface area contributed by atoms with Crippen LogP contribution in [0.4, 0.5) is 13.2 Å². The van der Waals surface area contributed by atoms with Crippen LogP contribution in [0.15, 0.2) is 42.6 Å². The lowest BCUT2D eigenvalue weighted by Gasteiger charge is -2.32. The second kappa shape index (κ2) is 12.0.